The number of morpholine rings is 1. The van der Waals surface area contributed by atoms with Crippen molar-refractivity contribution in [2.24, 2.45) is 0 Å². The lowest BCUT2D eigenvalue weighted by molar-refractivity contribution is 0.0303. The highest BCUT2D eigenvalue weighted by Gasteiger charge is 2.21. The molecule has 0 aliphatic carbocycles. The van der Waals surface area contributed by atoms with Crippen molar-refractivity contribution < 1.29 is 19.1 Å². The van der Waals surface area contributed by atoms with Gasteiger partial charge >= 0.3 is 0 Å². The zero-order valence-electron chi connectivity index (χ0n) is 25.1. The van der Waals surface area contributed by atoms with Crippen LogP contribution >= 0.6 is 0 Å². The monoisotopic (exact) mass is 585 g/mol. The summed E-state index contributed by atoms with van der Waals surface area (Å²) in [5.41, 5.74) is 5.24. The lowest BCUT2D eigenvalue weighted by Crippen LogP contribution is -2.40. The molecule has 1 saturated heterocycles. The second-order valence-electron chi connectivity index (χ2n) is 12.1. The van der Waals surface area contributed by atoms with E-state index >= 15 is 0 Å². The maximum Gasteiger partial charge on any atom is 0.254 e. The number of hydrogen-bond donors (Lipinski definition) is 0. The predicted molar refractivity (Wildman–Crippen MR) is 167 cm³/mol. The maximum atomic E-state index is 13.2. The second-order valence-corrected chi connectivity index (χ2v) is 17.7. The van der Waals surface area contributed by atoms with Gasteiger partial charge in [-0.3, -0.25) is 9.59 Å². The smallest absolute Gasteiger partial charge is 0.254 e. The molecule has 2 aromatic carbocycles. The van der Waals surface area contributed by atoms with Crippen LogP contribution in [0.25, 0.3) is 33.4 Å². The Labute approximate surface area is 248 Å². The number of hydrogen-bond acceptors (Lipinski definition) is 6. The van der Waals surface area contributed by atoms with Gasteiger partial charge in [-0.2, -0.15) is 5.10 Å². The minimum Gasteiger partial charge on any atom is -0.378 e. The molecule has 9 nitrogen and oxygen atoms in total. The predicted octanol–water partition coefficient (Wildman–Crippen LogP) is 5.25. The number of carbonyl (C=O) groups is 2. The van der Waals surface area contributed by atoms with Crippen molar-refractivity contribution in [1.82, 2.24) is 24.6 Å². The molecular weight excluding hydrogens is 546 g/mol. The Morgan fingerprint density at radius 3 is 2.36 bits per heavy atom. The Balaban J connectivity index is 1.53. The van der Waals surface area contributed by atoms with E-state index < -0.39 is 8.07 Å². The van der Waals surface area contributed by atoms with E-state index in [2.05, 4.69) is 25.7 Å². The molecule has 0 unspecified atom stereocenters. The third kappa shape index (κ3) is 6.78. The summed E-state index contributed by atoms with van der Waals surface area (Å²) in [4.78, 5) is 34.1. The molecule has 42 heavy (non-hydrogen) atoms. The summed E-state index contributed by atoms with van der Waals surface area (Å²) < 4.78 is 13.2. The molecule has 0 bridgehead atoms. The van der Waals surface area contributed by atoms with E-state index in [-0.39, 0.29) is 18.5 Å². The van der Waals surface area contributed by atoms with Crippen molar-refractivity contribution in [3.05, 3.63) is 71.9 Å². The van der Waals surface area contributed by atoms with Crippen LogP contribution in [0.3, 0.4) is 0 Å². The molecule has 1 fully saturated rings. The molecule has 2 amide bonds. The highest BCUT2D eigenvalue weighted by Crippen LogP contribution is 2.32. The third-order valence-corrected chi connectivity index (χ3v) is 9.03. The maximum absolute atomic E-state index is 13.2. The topological polar surface area (TPSA) is 89.8 Å². The van der Waals surface area contributed by atoms with E-state index in [1.165, 1.54) is 0 Å². The molecule has 0 saturated carbocycles. The Morgan fingerprint density at radius 1 is 0.952 bits per heavy atom. The Hall–Kier alpha value is -3.86. The van der Waals surface area contributed by atoms with Crippen LogP contribution in [0.15, 0.2) is 60.8 Å². The molecular formula is C32H39N5O4Si. The Kier molecular flexibility index (Phi) is 8.86. The Morgan fingerprint density at radius 2 is 1.64 bits per heavy atom. The van der Waals surface area contributed by atoms with Gasteiger partial charge in [-0.15, -0.1) is 0 Å². The van der Waals surface area contributed by atoms with Gasteiger partial charge < -0.3 is 19.3 Å². The zero-order chi connectivity index (χ0) is 29.9. The van der Waals surface area contributed by atoms with Crippen LogP contribution in [0.2, 0.25) is 25.7 Å². The van der Waals surface area contributed by atoms with Gasteiger partial charge in [0, 0.05) is 75.7 Å². The van der Waals surface area contributed by atoms with E-state index in [9.17, 15) is 9.59 Å². The molecule has 5 rings (SSSR count). The molecule has 3 heterocycles. The van der Waals surface area contributed by atoms with Gasteiger partial charge in [0.05, 0.1) is 13.2 Å². The van der Waals surface area contributed by atoms with Crippen LogP contribution in [0.4, 0.5) is 0 Å². The number of pyridine rings is 1. The normalized spacial score (nSPS) is 13.9. The first-order valence-corrected chi connectivity index (χ1v) is 18.1. The number of benzene rings is 2. The van der Waals surface area contributed by atoms with Crippen LogP contribution in [0, 0.1) is 0 Å². The van der Waals surface area contributed by atoms with Crippen molar-refractivity contribution in [3.8, 4) is 22.4 Å². The van der Waals surface area contributed by atoms with Gasteiger partial charge in [-0.25, -0.2) is 9.67 Å². The average molecular weight is 586 g/mol. The van der Waals surface area contributed by atoms with Crippen molar-refractivity contribution in [2.75, 3.05) is 47.0 Å². The van der Waals surface area contributed by atoms with Crippen LogP contribution in [0.1, 0.15) is 20.7 Å². The molecule has 0 radical (unpaired) electrons. The summed E-state index contributed by atoms with van der Waals surface area (Å²) in [5.74, 6) is -0.0728. The van der Waals surface area contributed by atoms with E-state index in [4.69, 9.17) is 19.6 Å². The van der Waals surface area contributed by atoms with Crippen LogP contribution in [0.5, 0.6) is 0 Å². The first-order chi connectivity index (χ1) is 20.1. The molecule has 10 heteroatoms. The van der Waals surface area contributed by atoms with Gasteiger partial charge in [0.2, 0.25) is 0 Å². The zero-order valence-corrected chi connectivity index (χ0v) is 26.1. The summed E-state index contributed by atoms with van der Waals surface area (Å²) in [6.07, 6.45) is 1.82. The molecule has 0 atom stereocenters. The third-order valence-electron chi connectivity index (χ3n) is 7.33. The van der Waals surface area contributed by atoms with E-state index in [1.807, 2.05) is 59.6 Å². The van der Waals surface area contributed by atoms with Crippen molar-refractivity contribution in [1.29, 1.82) is 0 Å². The Bertz CT molecular complexity index is 1590. The number of ether oxygens (including phenoxy) is 2. The first kappa shape index (κ1) is 29.6. The van der Waals surface area contributed by atoms with Crippen molar-refractivity contribution in [2.45, 2.75) is 32.4 Å². The summed E-state index contributed by atoms with van der Waals surface area (Å²) in [6, 6.07) is 18.3. The molecule has 220 valence electrons. The lowest BCUT2D eigenvalue weighted by Gasteiger charge is -2.27. The standard InChI is InChI=1S/C32H39N5O4Si/c1-35(2)31(38)25-10-7-9-24(19-25)29-28-20-27(21-33-30(28)37(34-29)22-41-16-17-42(3,4)5)23-8-6-11-26(18-23)32(39)36-12-14-40-15-13-36/h6-11,18-21H,12-17,22H2,1-5H3. The van der Waals surface area contributed by atoms with Crippen LogP contribution < -0.4 is 0 Å². The van der Waals surface area contributed by atoms with E-state index in [1.54, 1.807) is 23.7 Å². The minimum atomic E-state index is -1.23. The van der Waals surface area contributed by atoms with Crippen LogP contribution in [-0.4, -0.2) is 91.5 Å². The first-order valence-electron chi connectivity index (χ1n) is 14.3. The number of amides is 2. The van der Waals surface area contributed by atoms with Gasteiger partial charge in [0.15, 0.2) is 5.65 Å². The van der Waals surface area contributed by atoms with Gasteiger partial charge in [0.1, 0.15) is 12.4 Å². The second kappa shape index (κ2) is 12.6. The number of carbonyl (C=O) groups excluding carboxylic acids is 2. The molecule has 0 spiro atoms. The highest BCUT2D eigenvalue weighted by atomic mass is 28.3. The summed E-state index contributed by atoms with van der Waals surface area (Å²) in [5, 5.41) is 5.77. The van der Waals surface area contributed by atoms with Crippen molar-refractivity contribution >= 4 is 30.9 Å². The highest BCUT2D eigenvalue weighted by molar-refractivity contribution is 6.76. The van der Waals surface area contributed by atoms with Crippen molar-refractivity contribution in [3.63, 3.8) is 0 Å². The summed E-state index contributed by atoms with van der Waals surface area (Å²) >= 11 is 0. The minimum absolute atomic E-state index is 0.000497. The fourth-order valence-corrected chi connectivity index (χ4v) is 5.65. The van der Waals surface area contributed by atoms with Gasteiger partial charge in [0.25, 0.3) is 11.8 Å². The van der Waals surface area contributed by atoms with Gasteiger partial charge in [-0.05, 0) is 41.9 Å². The fourth-order valence-electron chi connectivity index (χ4n) is 4.89. The van der Waals surface area contributed by atoms with Gasteiger partial charge in [-0.1, -0.05) is 43.9 Å². The average Bonchev–Trinajstić information content (AvgIpc) is 3.36. The quantitative estimate of drug-likeness (QED) is 0.197. The molecule has 1 aliphatic heterocycles. The number of rotatable bonds is 9. The SMILES string of the molecule is CN(C)C(=O)c1cccc(-c2nn(COCC[Si](C)(C)C)c3ncc(-c4cccc(C(=O)N5CCOCC5)c4)cc23)c1. The molecule has 1 aliphatic rings. The molecule has 2 aromatic heterocycles. The van der Waals surface area contributed by atoms with E-state index in [0.717, 1.165) is 33.8 Å². The molecule has 4 aromatic rings. The number of fused-ring (bicyclic) bond motifs is 1. The lowest BCUT2D eigenvalue weighted by atomic mass is 10.0. The fraction of sp³-hybridized carbons (Fsp3) is 0.375. The summed E-state index contributed by atoms with van der Waals surface area (Å²) in [6.45, 7) is 10.2. The molecule has 0 N–H and O–H groups in total. The summed E-state index contributed by atoms with van der Waals surface area (Å²) in [7, 11) is 2.25. The van der Waals surface area contributed by atoms with Crippen LogP contribution in [-0.2, 0) is 16.2 Å². The van der Waals surface area contributed by atoms with E-state index in [0.29, 0.717) is 49.7 Å². The number of aromatic nitrogens is 3. The number of nitrogens with zero attached hydrogens (tertiary/aromatic N) is 5. The largest absolute Gasteiger partial charge is 0.378 e.